The Hall–Kier alpha value is -1.94. The van der Waals surface area contributed by atoms with Crippen LogP contribution in [0.15, 0.2) is 47.0 Å². The van der Waals surface area contributed by atoms with Gasteiger partial charge in [0, 0.05) is 30.9 Å². The molecule has 2 N–H and O–H groups in total. The zero-order chi connectivity index (χ0) is 20.6. The minimum atomic E-state index is 0. The first-order chi connectivity index (χ1) is 14.0. The topological polar surface area (TPSA) is 67.1 Å². The van der Waals surface area contributed by atoms with Crippen molar-refractivity contribution in [1.29, 1.82) is 0 Å². The molecule has 2 aromatic heterocycles. The van der Waals surface area contributed by atoms with E-state index in [0.29, 0.717) is 19.0 Å². The summed E-state index contributed by atoms with van der Waals surface area (Å²) in [6.07, 6.45) is 3.85. The van der Waals surface area contributed by atoms with E-state index in [4.69, 9.17) is 4.99 Å². The Bertz CT molecular complexity index is 947. The molecule has 1 aromatic carbocycles. The number of aliphatic imine (C=N–C) groups is 1. The van der Waals surface area contributed by atoms with Crippen LogP contribution in [-0.4, -0.2) is 27.0 Å². The van der Waals surface area contributed by atoms with Crippen molar-refractivity contribution in [2.24, 2.45) is 4.99 Å². The molecule has 0 saturated heterocycles. The first-order valence-electron chi connectivity index (χ1n) is 10.1. The molecule has 0 spiro atoms. The van der Waals surface area contributed by atoms with Crippen LogP contribution in [0.2, 0.25) is 0 Å². The summed E-state index contributed by atoms with van der Waals surface area (Å²) in [4.78, 5) is 13.7. The molecule has 0 aliphatic carbocycles. The van der Waals surface area contributed by atoms with E-state index in [9.17, 15) is 0 Å². The van der Waals surface area contributed by atoms with Gasteiger partial charge in [0.15, 0.2) is 5.96 Å². The zero-order valence-corrected chi connectivity index (χ0v) is 21.2. The molecule has 0 unspecified atom stereocenters. The van der Waals surface area contributed by atoms with E-state index in [1.54, 1.807) is 11.3 Å². The number of imidazole rings is 1. The van der Waals surface area contributed by atoms with E-state index in [0.717, 1.165) is 35.6 Å². The van der Waals surface area contributed by atoms with Crippen LogP contribution in [0.4, 0.5) is 0 Å². The maximum atomic E-state index is 4.75. The first kappa shape index (κ1) is 24.3. The normalized spacial score (nSPS) is 11.4. The fourth-order valence-corrected chi connectivity index (χ4v) is 3.83. The van der Waals surface area contributed by atoms with Crippen LogP contribution in [0.3, 0.4) is 0 Å². The van der Waals surface area contributed by atoms with E-state index in [-0.39, 0.29) is 24.0 Å². The molecule has 0 aliphatic heterocycles. The number of guanidine groups is 1. The number of hydrogen-bond donors (Lipinski definition) is 2. The van der Waals surface area contributed by atoms with E-state index < -0.39 is 0 Å². The second-order valence-corrected chi connectivity index (χ2v) is 8.23. The van der Waals surface area contributed by atoms with Crippen LogP contribution in [0, 0.1) is 6.92 Å². The van der Waals surface area contributed by atoms with Gasteiger partial charge in [-0.25, -0.2) is 15.0 Å². The van der Waals surface area contributed by atoms with Gasteiger partial charge in [-0.1, -0.05) is 38.1 Å². The van der Waals surface area contributed by atoms with Gasteiger partial charge in [0.1, 0.15) is 10.8 Å². The second-order valence-electron chi connectivity index (χ2n) is 7.29. The fourth-order valence-electron chi connectivity index (χ4n) is 2.94. The molecule has 30 heavy (non-hydrogen) atoms. The molecule has 162 valence electrons. The third-order valence-electron chi connectivity index (χ3n) is 4.60. The van der Waals surface area contributed by atoms with Gasteiger partial charge in [0.05, 0.1) is 18.8 Å². The first-order valence-corrected chi connectivity index (χ1v) is 10.9. The van der Waals surface area contributed by atoms with Crippen molar-refractivity contribution in [2.75, 3.05) is 6.54 Å². The van der Waals surface area contributed by atoms with Gasteiger partial charge in [0.2, 0.25) is 0 Å². The lowest BCUT2D eigenvalue weighted by Gasteiger charge is -2.11. The zero-order valence-electron chi connectivity index (χ0n) is 18.1. The smallest absolute Gasteiger partial charge is 0.191 e. The van der Waals surface area contributed by atoms with Crippen LogP contribution in [-0.2, 0) is 19.6 Å². The van der Waals surface area contributed by atoms with Gasteiger partial charge in [-0.3, -0.25) is 0 Å². The minimum Gasteiger partial charge on any atom is -0.357 e. The number of rotatable bonds is 8. The summed E-state index contributed by atoms with van der Waals surface area (Å²) in [5.41, 5.74) is 3.59. The number of aromatic nitrogens is 3. The van der Waals surface area contributed by atoms with Crippen LogP contribution in [0.5, 0.6) is 0 Å². The summed E-state index contributed by atoms with van der Waals surface area (Å²) in [5.74, 6) is 2.29. The van der Waals surface area contributed by atoms with Crippen molar-refractivity contribution in [3.05, 3.63) is 69.7 Å². The van der Waals surface area contributed by atoms with Crippen molar-refractivity contribution in [3.63, 3.8) is 0 Å². The molecule has 0 radical (unpaired) electrons. The average molecular weight is 539 g/mol. The number of aryl methyl sites for hydroxylation is 1. The highest BCUT2D eigenvalue weighted by Gasteiger charge is 2.06. The molecule has 6 nitrogen and oxygen atoms in total. The van der Waals surface area contributed by atoms with Gasteiger partial charge < -0.3 is 15.2 Å². The third-order valence-corrected chi connectivity index (χ3v) is 5.47. The SMILES string of the molecule is CCNC(=NCc1cccc(Cn2ccnc2C)c1)NCc1nc(C(C)C)cs1.I. The summed E-state index contributed by atoms with van der Waals surface area (Å²) in [6, 6.07) is 8.57. The standard InChI is InChI=1S/C22H30N6S.HI/c1-5-23-22(26-13-21-27-20(15-29-21)16(2)3)25-12-18-7-6-8-19(11-18)14-28-10-9-24-17(28)4;/h6-11,15-16H,5,12-14H2,1-4H3,(H2,23,25,26);1H. The van der Waals surface area contributed by atoms with E-state index in [2.05, 4.69) is 75.6 Å². The predicted molar refractivity (Wildman–Crippen MR) is 136 cm³/mol. The van der Waals surface area contributed by atoms with Crippen LogP contribution in [0.25, 0.3) is 0 Å². The molecule has 0 saturated carbocycles. The third kappa shape index (κ3) is 7.09. The second kappa shape index (κ2) is 12.0. The monoisotopic (exact) mass is 538 g/mol. The summed E-state index contributed by atoms with van der Waals surface area (Å²) < 4.78 is 2.15. The molecule has 2 heterocycles. The minimum absolute atomic E-state index is 0. The Kier molecular flexibility index (Phi) is 9.77. The molecule has 3 rings (SSSR count). The number of nitrogens with one attached hydrogen (secondary N) is 2. The van der Waals surface area contributed by atoms with Gasteiger partial charge in [-0.2, -0.15) is 0 Å². The molecule has 0 atom stereocenters. The lowest BCUT2D eigenvalue weighted by Crippen LogP contribution is -2.36. The highest BCUT2D eigenvalue weighted by Crippen LogP contribution is 2.17. The molecule has 0 bridgehead atoms. The Balaban J connectivity index is 0.00000320. The van der Waals surface area contributed by atoms with Gasteiger partial charge >= 0.3 is 0 Å². The number of thiazole rings is 1. The number of hydrogen-bond acceptors (Lipinski definition) is 4. The predicted octanol–water partition coefficient (Wildman–Crippen LogP) is 4.69. The quantitative estimate of drug-likeness (QED) is 0.248. The maximum absolute atomic E-state index is 4.75. The highest BCUT2D eigenvalue weighted by atomic mass is 127. The number of nitrogens with zero attached hydrogens (tertiary/aromatic N) is 4. The van der Waals surface area contributed by atoms with E-state index in [1.165, 1.54) is 11.1 Å². The van der Waals surface area contributed by atoms with Crippen molar-refractivity contribution < 1.29 is 0 Å². The molecule has 0 amide bonds. The number of halogens is 1. The van der Waals surface area contributed by atoms with E-state index >= 15 is 0 Å². The summed E-state index contributed by atoms with van der Waals surface area (Å²) in [6.45, 7) is 11.4. The maximum Gasteiger partial charge on any atom is 0.191 e. The highest BCUT2D eigenvalue weighted by molar-refractivity contribution is 14.0. The molecular formula is C22H31IN6S. The van der Waals surface area contributed by atoms with E-state index in [1.807, 2.05) is 19.3 Å². The summed E-state index contributed by atoms with van der Waals surface area (Å²) in [7, 11) is 0. The van der Waals surface area contributed by atoms with Crippen LogP contribution >= 0.6 is 35.3 Å². The number of benzene rings is 1. The lowest BCUT2D eigenvalue weighted by atomic mass is 10.1. The lowest BCUT2D eigenvalue weighted by molar-refractivity contribution is 0.759. The van der Waals surface area contributed by atoms with Crippen molar-refractivity contribution in [3.8, 4) is 0 Å². The average Bonchev–Trinajstić information content (AvgIpc) is 3.34. The Morgan fingerprint density at radius 1 is 1.23 bits per heavy atom. The van der Waals surface area contributed by atoms with Crippen LogP contribution < -0.4 is 10.6 Å². The largest absolute Gasteiger partial charge is 0.357 e. The molecule has 3 aromatic rings. The Morgan fingerprint density at radius 3 is 2.70 bits per heavy atom. The molecule has 8 heteroatoms. The van der Waals surface area contributed by atoms with Gasteiger partial charge in [0.25, 0.3) is 0 Å². The Labute approximate surface area is 200 Å². The summed E-state index contributed by atoms with van der Waals surface area (Å²) in [5, 5.41) is 9.93. The van der Waals surface area contributed by atoms with Crippen molar-refractivity contribution in [1.82, 2.24) is 25.2 Å². The fraction of sp³-hybridized carbons (Fsp3) is 0.409. The van der Waals surface area contributed by atoms with Crippen molar-refractivity contribution in [2.45, 2.75) is 53.2 Å². The molecular weight excluding hydrogens is 507 g/mol. The summed E-state index contributed by atoms with van der Waals surface area (Å²) >= 11 is 1.69. The molecule has 0 aliphatic rings. The Morgan fingerprint density at radius 2 is 2.03 bits per heavy atom. The van der Waals surface area contributed by atoms with Gasteiger partial charge in [-0.05, 0) is 30.9 Å². The van der Waals surface area contributed by atoms with Crippen molar-refractivity contribution >= 4 is 41.3 Å². The van der Waals surface area contributed by atoms with Crippen LogP contribution in [0.1, 0.15) is 54.3 Å². The molecule has 0 fully saturated rings. The van der Waals surface area contributed by atoms with Gasteiger partial charge in [-0.15, -0.1) is 35.3 Å².